The lowest BCUT2D eigenvalue weighted by molar-refractivity contribution is -0.137. The average molecular weight is 451 g/mol. The van der Waals surface area contributed by atoms with Crippen LogP contribution in [0, 0.1) is 17.3 Å². The molecule has 7 heteroatoms. The van der Waals surface area contributed by atoms with Crippen molar-refractivity contribution in [3.63, 3.8) is 0 Å². The van der Waals surface area contributed by atoms with Gasteiger partial charge in [0.2, 0.25) is 0 Å². The molecule has 1 aliphatic carbocycles. The number of likely N-dealkylation sites (tertiary alicyclic amines) is 1. The van der Waals surface area contributed by atoms with Crippen LogP contribution in [0.3, 0.4) is 0 Å². The van der Waals surface area contributed by atoms with E-state index >= 15 is 0 Å². The van der Waals surface area contributed by atoms with Gasteiger partial charge < -0.3 is 19.7 Å². The third-order valence-corrected chi connectivity index (χ3v) is 8.55. The summed E-state index contributed by atoms with van der Waals surface area (Å²) in [6.07, 6.45) is 0.526. The molecule has 3 atom stereocenters. The maximum atomic E-state index is 13.3. The van der Waals surface area contributed by atoms with Gasteiger partial charge in [-0.25, -0.2) is 0 Å². The van der Waals surface area contributed by atoms with Gasteiger partial charge in [-0.15, -0.1) is 0 Å². The Balaban J connectivity index is 1.34. The largest absolute Gasteiger partial charge is 0.416 e. The van der Waals surface area contributed by atoms with E-state index in [9.17, 15) is 18.3 Å². The molecule has 2 saturated heterocycles. The number of fused-ring (bicyclic) bond motifs is 4. The van der Waals surface area contributed by atoms with Crippen molar-refractivity contribution in [3.05, 3.63) is 35.0 Å². The van der Waals surface area contributed by atoms with Gasteiger partial charge in [-0.1, -0.05) is 6.92 Å². The summed E-state index contributed by atoms with van der Waals surface area (Å²) in [6, 6.07) is 4.09. The maximum absolute atomic E-state index is 13.3. The molecule has 4 nitrogen and oxygen atoms in total. The molecule has 3 heterocycles. The Morgan fingerprint density at radius 3 is 2.75 bits per heavy atom. The van der Waals surface area contributed by atoms with Crippen LogP contribution >= 0.6 is 0 Å². The fraction of sp³-hybridized carbons (Fsp3) is 0.680. The molecule has 2 N–H and O–H groups in total. The third kappa shape index (κ3) is 3.97. The van der Waals surface area contributed by atoms with E-state index in [4.69, 9.17) is 4.74 Å². The topological polar surface area (TPSA) is 48.5 Å². The molecule has 1 aromatic heterocycles. The highest BCUT2D eigenvalue weighted by Gasteiger charge is 2.41. The van der Waals surface area contributed by atoms with Crippen LogP contribution in [0.5, 0.6) is 0 Å². The lowest BCUT2D eigenvalue weighted by atomic mass is 9.68. The number of hydrogen-bond donors (Lipinski definition) is 2. The number of nitrogens with zero attached hydrogens (tertiary/aromatic N) is 1. The quantitative estimate of drug-likeness (QED) is 0.692. The predicted octanol–water partition coefficient (Wildman–Crippen LogP) is 4.96. The smallest absolute Gasteiger partial charge is 0.396 e. The zero-order valence-electron chi connectivity index (χ0n) is 18.7. The zero-order valence-corrected chi connectivity index (χ0v) is 18.7. The highest BCUT2D eigenvalue weighted by atomic mass is 19.4. The summed E-state index contributed by atoms with van der Waals surface area (Å²) in [7, 11) is 0. The minimum Gasteiger partial charge on any atom is -0.396 e. The molecule has 0 saturated carbocycles. The van der Waals surface area contributed by atoms with Crippen LogP contribution in [-0.2, 0) is 17.3 Å². The summed E-state index contributed by atoms with van der Waals surface area (Å²) < 4.78 is 45.5. The number of aromatic amines is 1. The molecule has 1 aromatic carbocycles. The molecule has 0 radical (unpaired) electrons. The lowest BCUT2D eigenvalue weighted by Crippen LogP contribution is -2.46. The first-order chi connectivity index (χ1) is 15.3. The number of aliphatic hydroxyl groups is 1. The van der Waals surface area contributed by atoms with E-state index in [1.54, 1.807) is 6.07 Å². The molecule has 2 aliphatic heterocycles. The van der Waals surface area contributed by atoms with Crippen LogP contribution in [0.2, 0.25) is 0 Å². The number of aromatic nitrogens is 1. The summed E-state index contributed by atoms with van der Waals surface area (Å²) in [5.74, 6) is 1.24. The minimum absolute atomic E-state index is 0.0225. The van der Waals surface area contributed by atoms with Crippen molar-refractivity contribution in [1.29, 1.82) is 0 Å². The second kappa shape index (κ2) is 8.33. The Kier molecular flexibility index (Phi) is 5.79. The number of alkyl halides is 3. The van der Waals surface area contributed by atoms with Crippen LogP contribution in [0.1, 0.15) is 55.3 Å². The Morgan fingerprint density at radius 1 is 1.25 bits per heavy atom. The molecule has 0 spiro atoms. The maximum Gasteiger partial charge on any atom is 0.416 e. The lowest BCUT2D eigenvalue weighted by Gasteiger charge is -2.45. The van der Waals surface area contributed by atoms with Crippen molar-refractivity contribution in [1.82, 2.24) is 9.88 Å². The van der Waals surface area contributed by atoms with Crippen molar-refractivity contribution in [2.75, 3.05) is 39.5 Å². The number of piperidine rings is 1. The number of halogens is 3. The van der Waals surface area contributed by atoms with Gasteiger partial charge in [-0.2, -0.15) is 13.2 Å². The first kappa shape index (κ1) is 22.2. The van der Waals surface area contributed by atoms with Gasteiger partial charge in [0.15, 0.2) is 0 Å². The summed E-state index contributed by atoms with van der Waals surface area (Å²) in [5.41, 5.74) is 2.44. The first-order valence-electron chi connectivity index (χ1n) is 11.9. The molecule has 0 bridgehead atoms. The van der Waals surface area contributed by atoms with Gasteiger partial charge >= 0.3 is 6.18 Å². The monoisotopic (exact) mass is 450 g/mol. The average Bonchev–Trinajstić information content (AvgIpc) is 3.16. The molecule has 2 aromatic rings. The minimum atomic E-state index is -4.33. The van der Waals surface area contributed by atoms with Gasteiger partial charge in [0.1, 0.15) is 0 Å². The summed E-state index contributed by atoms with van der Waals surface area (Å²) >= 11 is 0. The summed E-state index contributed by atoms with van der Waals surface area (Å²) in [4.78, 5) is 5.95. The fourth-order valence-corrected chi connectivity index (χ4v) is 6.41. The molecular weight excluding hydrogens is 417 g/mol. The van der Waals surface area contributed by atoms with Gasteiger partial charge in [0.05, 0.1) is 5.56 Å². The van der Waals surface area contributed by atoms with Crippen molar-refractivity contribution in [3.8, 4) is 0 Å². The van der Waals surface area contributed by atoms with E-state index in [2.05, 4.69) is 16.8 Å². The van der Waals surface area contributed by atoms with Gasteiger partial charge in [0.25, 0.3) is 0 Å². The Morgan fingerprint density at radius 2 is 2.03 bits per heavy atom. The number of benzene rings is 1. The van der Waals surface area contributed by atoms with Crippen molar-refractivity contribution in [2.45, 2.75) is 51.1 Å². The number of rotatable bonds is 4. The van der Waals surface area contributed by atoms with Crippen molar-refractivity contribution >= 4 is 10.9 Å². The van der Waals surface area contributed by atoms with Gasteiger partial charge in [0, 0.05) is 43.0 Å². The third-order valence-electron chi connectivity index (χ3n) is 8.55. The number of H-pyrrole nitrogens is 1. The Bertz CT molecular complexity index is 964. The van der Waals surface area contributed by atoms with Crippen LogP contribution in [-0.4, -0.2) is 54.4 Å². The molecule has 0 amide bonds. The Labute approximate surface area is 187 Å². The summed E-state index contributed by atoms with van der Waals surface area (Å²) in [5, 5.41) is 10.7. The van der Waals surface area contributed by atoms with Crippen LogP contribution in [0.4, 0.5) is 13.2 Å². The molecule has 2 fully saturated rings. The van der Waals surface area contributed by atoms with E-state index in [0.717, 1.165) is 87.1 Å². The van der Waals surface area contributed by atoms with Gasteiger partial charge in [-0.05, 0) is 92.1 Å². The second-order valence-electron chi connectivity index (χ2n) is 10.3. The standard InChI is InChI=1S/C25H33F3N2O2/c1-16-20-14-30(9-5-24(15-31)6-10-32-11-7-24)8-4-17(20)12-22-23(16)19-13-18(25(26,27)28)2-3-21(19)29-22/h2-3,13,16-17,20,29,31H,4-12,14-15H2,1H3/t16-,17-,20-/m1/s1. The van der Waals surface area contributed by atoms with Crippen LogP contribution in [0.25, 0.3) is 10.9 Å². The number of aliphatic hydroxyl groups excluding tert-OH is 1. The first-order valence-corrected chi connectivity index (χ1v) is 11.9. The molecule has 176 valence electrons. The predicted molar refractivity (Wildman–Crippen MR) is 118 cm³/mol. The molecular formula is C25H33F3N2O2. The number of hydrogen-bond acceptors (Lipinski definition) is 3. The Hall–Kier alpha value is -1.57. The van der Waals surface area contributed by atoms with Crippen molar-refractivity contribution < 1.29 is 23.0 Å². The molecule has 0 unspecified atom stereocenters. The van der Waals surface area contributed by atoms with E-state index in [-0.39, 0.29) is 17.9 Å². The van der Waals surface area contributed by atoms with E-state index in [1.165, 1.54) is 12.1 Å². The molecule has 32 heavy (non-hydrogen) atoms. The fourth-order valence-electron chi connectivity index (χ4n) is 6.41. The van der Waals surface area contributed by atoms with E-state index in [0.29, 0.717) is 11.8 Å². The number of nitrogens with one attached hydrogen (secondary N) is 1. The highest BCUT2D eigenvalue weighted by Crippen LogP contribution is 2.47. The molecule has 3 aliphatic rings. The van der Waals surface area contributed by atoms with Crippen molar-refractivity contribution in [2.24, 2.45) is 17.3 Å². The van der Waals surface area contributed by atoms with Crippen LogP contribution in [0.15, 0.2) is 18.2 Å². The zero-order chi connectivity index (χ0) is 22.5. The normalized spacial score (nSPS) is 28.5. The van der Waals surface area contributed by atoms with E-state index in [1.807, 2.05) is 0 Å². The van der Waals surface area contributed by atoms with Gasteiger partial charge in [-0.3, -0.25) is 0 Å². The second-order valence-corrected chi connectivity index (χ2v) is 10.3. The van der Waals surface area contributed by atoms with E-state index < -0.39 is 11.7 Å². The summed E-state index contributed by atoms with van der Waals surface area (Å²) in [6.45, 7) is 6.87. The highest BCUT2D eigenvalue weighted by molar-refractivity contribution is 5.86. The number of ether oxygens (including phenoxy) is 1. The van der Waals surface area contributed by atoms with Crippen LogP contribution < -0.4 is 0 Å². The SMILES string of the molecule is C[C@H]1c2c([nH]c3ccc(C(F)(F)F)cc23)C[C@H]2CCN(CCC3(CO)CCOCC3)C[C@@H]21. The molecule has 5 rings (SSSR count).